The SMILES string of the molecule is CC[Si](CC)(CC)O[C@H]1CCC(=O)[C@@H]2O[C@@H]([C@H]3C[C@H]4O[C@H]4C[C@H]32)[C@H](O[Si](c2ccccc2)(c2ccccc2)C(C)(C)C)C1=O. The lowest BCUT2D eigenvalue weighted by atomic mass is 9.73. The van der Waals surface area contributed by atoms with Crippen molar-refractivity contribution < 1.29 is 27.9 Å². The van der Waals surface area contributed by atoms with Crippen molar-refractivity contribution in [1.29, 1.82) is 0 Å². The van der Waals surface area contributed by atoms with E-state index in [1.54, 1.807) is 0 Å². The number of rotatable bonds is 9. The molecule has 0 spiro atoms. The molecule has 44 heavy (non-hydrogen) atoms. The third-order valence-electron chi connectivity index (χ3n) is 11.3. The van der Waals surface area contributed by atoms with E-state index >= 15 is 4.79 Å². The van der Waals surface area contributed by atoms with Gasteiger partial charge in [0, 0.05) is 12.3 Å². The Morgan fingerprint density at radius 3 is 1.84 bits per heavy atom. The van der Waals surface area contributed by atoms with Crippen molar-refractivity contribution in [2.75, 3.05) is 0 Å². The Morgan fingerprint density at radius 1 is 0.773 bits per heavy atom. The first-order valence-electron chi connectivity index (χ1n) is 16.9. The Balaban J connectivity index is 1.51. The second-order valence-corrected chi connectivity index (χ2v) is 23.5. The quantitative estimate of drug-likeness (QED) is 0.256. The highest BCUT2D eigenvalue weighted by Crippen LogP contribution is 2.53. The molecule has 3 heterocycles. The van der Waals surface area contributed by atoms with Crippen LogP contribution >= 0.6 is 0 Å². The molecular weight excluding hydrogens is 585 g/mol. The molecule has 8 heteroatoms. The van der Waals surface area contributed by atoms with Crippen molar-refractivity contribution in [3.05, 3.63) is 60.7 Å². The number of ether oxygens (including phenoxy) is 2. The first-order valence-corrected chi connectivity index (χ1v) is 21.3. The van der Waals surface area contributed by atoms with Gasteiger partial charge in [-0.05, 0) is 58.7 Å². The highest BCUT2D eigenvalue weighted by molar-refractivity contribution is 6.99. The van der Waals surface area contributed by atoms with Gasteiger partial charge in [0.1, 0.15) is 18.3 Å². The number of hydrogen-bond donors (Lipinski definition) is 0. The molecule has 2 bridgehead atoms. The normalized spacial score (nSPS) is 32.3. The Kier molecular flexibility index (Phi) is 8.98. The summed E-state index contributed by atoms with van der Waals surface area (Å²) in [4.78, 5) is 29.0. The van der Waals surface area contributed by atoms with Gasteiger partial charge in [-0.2, -0.15) is 0 Å². The van der Waals surface area contributed by atoms with E-state index in [0.717, 1.165) is 41.3 Å². The lowest BCUT2D eigenvalue weighted by Crippen LogP contribution is -2.70. The summed E-state index contributed by atoms with van der Waals surface area (Å²) in [6, 6.07) is 23.8. The fourth-order valence-electron chi connectivity index (χ4n) is 8.52. The second kappa shape index (κ2) is 12.3. The summed E-state index contributed by atoms with van der Waals surface area (Å²) in [6.45, 7) is 13.3. The van der Waals surface area contributed by atoms with Gasteiger partial charge in [-0.3, -0.25) is 9.59 Å². The molecule has 4 aliphatic rings. The lowest BCUT2D eigenvalue weighted by Gasteiger charge is -2.47. The van der Waals surface area contributed by atoms with Crippen LogP contribution in [0.3, 0.4) is 0 Å². The average Bonchev–Trinajstić information content (AvgIpc) is 3.71. The molecule has 6 nitrogen and oxygen atoms in total. The van der Waals surface area contributed by atoms with E-state index < -0.39 is 41.1 Å². The van der Waals surface area contributed by atoms with E-state index in [0.29, 0.717) is 12.8 Å². The Labute approximate surface area is 265 Å². The van der Waals surface area contributed by atoms with Gasteiger partial charge in [0.25, 0.3) is 8.32 Å². The molecule has 0 N–H and O–H groups in total. The van der Waals surface area contributed by atoms with Crippen molar-refractivity contribution >= 4 is 38.6 Å². The van der Waals surface area contributed by atoms with Gasteiger partial charge in [0.15, 0.2) is 19.9 Å². The molecule has 0 radical (unpaired) electrons. The lowest BCUT2D eigenvalue weighted by molar-refractivity contribution is -0.144. The van der Waals surface area contributed by atoms with E-state index in [9.17, 15) is 4.79 Å². The number of carbonyl (C=O) groups excluding carboxylic acids is 2. The summed E-state index contributed by atoms with van der Waals surface area (Å²) in [5.41, 5.74) is 0. The Hall–Kier alpha value is -1.95. The monoisotopic (exact) mass is 634 g/mol. The highest BCUT2D eigenvalue weighted by Gasteiger charge is 2.63. The molecule has 3 saturated heterocycles. The average molecular weight is 635 g/mol. The Morgan fingerprint density at radius 2 is 1.32 bits per heavy atom. The third-order valence-corrected chi connectivity index (χ3v) is 20.9. The highest BCUT2D eigenvalue weighted by atomic mass is 28.4. The summed E-state index contributed by atoms with van der Waals surface area (Å²) in [7, 11) is -5.30. The molecule has 2 aromatic carbocycles. The second-order valence-electron chi connectivity index (χ2n) is 14.5. The van der Waals surface area contributed by atoms with E-state index in [1.807, 2.05) is 12.1 Å². The zero-order chi connectivity index (χ0) is 31.3. The number of Topliss-reactive ketones (excluding diaryl/α,β-unsaturated/α-hetero) is 2. The van der Waals surface area contributed by atoms with E-state index in [-0.39, 0.29) is 40.6 Å². The van der Waals surface area contributed by atoms with Crippen molar-refractivity contribution in [3.63, 3.8) is 0 Å². The van der Waals surface area contributed by atoms with E-state index in [4.69, 9.17) is 18.3 Å². The third kappa shape index (κ3) is 5.54. The predicted octanol–water partition coefficient (Wildman–Crippen LogP) is 5.82. The molecule has 3 aliphatic heterocycles. The largest absolute Gasteiger partial charge is 0.407 e. The van der Waals surface area contributed by atoms with Gasteiger partial charge in [-0.15, -0.1) is 0 Å². The van der Waals surface area contributed by atoms with Crippen molar-refractivity contribution in [2.24, 2.45) is 11.8 Å². The molecule has 1 saturated carbocycles. The van der Waals surface area contributed by atoms with Crippen molar-refractivity contribution in [1.82, 2.24) is 0 Å². The summed E-state index contributed by atoms with van der Waals surface area (Å²) in [6.07, 6.45) is 0.154. The van der Waals surface area contributed by atoms with Crippen molar-refractivity contribution in [2.45, 2.75) is 127 Å². The molecular formula is C36H50O6Si2. The minimum Gasteiger partial charge on any atom is -0.407 e. The van der Waals surface area contributed by atoms with Gasteiger partial charge >= 0.3 is 0 Å². The number of benzene rings is 2. The molecule has 0 amide bonds. The maximum absolute atomic E-state index is 15.2. The summed E-state index contributed by atoms with van der Waals surface area (Å²) in [5, 5.41) is 1.93. The minimum atomic E-state index is -3.13. The molecule has 1 aliphatic carbocycles. The molecule has 0 aromatic heterocycles. The topological polar surface area (TPSA) is 74.4 Å². The predicted molar refractivity (Wildman–Crippen MR) is 177 cm³/mol. The van der Waals surface area contributed by atoms with Gasteiger partial charge in [0.2, 0.25) is 0 Å². The molecule has 0 unspecified atom stereocenters. The maximum Gasteiger partial charge on any atom is 0.262 e. The number of carbonyl (C=O) groups is 2. The van der Waals surface area contributed by atoms with E-state index in [1.165, 1.54) is 0 Å². The molecule has 4 fully saturated rings. The summed E-state index contributed by atoms with van der Waals surface area (Å²) >= 11 is 0. The maximum atomic E-state index is 15.2. The molecule has 6 rings (SSSR count). The molecule has 238 valence electrons. The first-order chi connectivity index (χ1) is 21.1. The van der Waals surface area contributed by atoms with E-state index in [2.05, 4.69) is 90.1 Å². The summed E-state index contributed by atoms with van der Waals surface area (Å²) < 4.78 is 27.5. The van der Waals surface area contributed by atoms with Crippen LogP contribution in [0.1, 0.15) is 67.2 Å². The van der Waals surface area contributed by atoms with Gasteiger partial charge < -0.3 is 18.3 Å². The van der Waals surface area contributed by atoms with Crippen LogP contribution in [0.25, 0.3) is 0 Å². The van der Waals surface area contributed by atoms with Crippen LogP contribution in [0, 0.1) is 11.8 Å². The molecule has 2 aromatic rings. The minimum absolute atomic E-state index is 0.0316. The van der Waals surface area contributed by atoms with Gasteiger partial charge in [0.05, 0.1) is 18.3 Å². The number of fused-ring (bicyclic) bond motifs is 6. The van der Waals surface area contributed by atoms with Crippen LogP contribution in [-0.2, 0) is 27.9 Å². The Bertz CT molecular complexity index is 1280. The summed E-state index contributed by atoms with van der Waals surface area (Å²) in [5.74, 6) is 0.153. The van der Waals surface area contributed by atoms with Crippen LogP contribution in [0.5, 0.6) is 0 Å². The standard InChI is InChI=1S/C36H50O6Si2/c1-7-43(8-2,9-3)41-29-21-20-28(37)33-26-22-30-31(39-30)23-27(26)34(40-33)35(32(29)38)42-44(36(4,5)6,24-16-12-10-13-17-24)25-18-14-11-15-19-25/h10-19,26-27,29-31,33-35H,7-9,20-23H2,1-6H3/t26-,27+,29+,30+,31-,33-,34+,35-/m1/s1. The fraction of sp³-hybridized carbons (Fsp3) is 0.611. The van der Waals surface area contributed by atoms with Crippen LogP contribution < -0.4 is 10.4 Å². The van der Waals surface area contributed by atoms with Crippen LogP contribution in [0.4, 0.5) is 0 Å². The van der Waals surface area contributed by atoms with Gasteiger partial charge in [-0.25, -0.2) is 0 Å². The van der Waals surface area contributed by atoms with Crippen LogP contribution in [0.2, 0.25) is 23.2 Å². The van der Waals surface area contributed by atoms with Gasteiger partial charge in [-0.1, -0.05) is 102 Å². The van der Waals surface area contributed by atoms with Crippen LogP contribution in [-0.4, -0.2) is 64.8 Å². The zero-order valence-corrected chi connectivity index (χ0v) is 29.3. The number of ketones is 2. The number of epoxide rings is 1. The zero-order valence-electron chi connectivity index (χ0n) is 27.3. The fourth-order valence-corrected chi connectivity index (χ4v) is 16.0. The molecule has 8 atom stereocenters. The smallest absolute Gasteiger partial charge is 0.262 e. The first kappa shape index (κ1) is 32.0. The number of hydrogen-bond acceptors (Lipinski definition) is 6. The van der Waals surface area contributed by atoms with Crippen molar-refractivity contribution in [3.8, 4) is 0 Å². The van der Waals surface area contributed by atoms with Crippen LogP contribution in [0.15, 0.2) is 60.7 Å².